The van der Waals surface area contributed by atoms with Crippen LogP contribution in [0.2, 0.25) is 0 Å². The van der Waals surface area contributed by atoms with Crippen LogP contribution in [0.25, 0.3) is 0 Å². The van der Waals surface area contributed by atoms with Gasteiger partial charge >= 0.3 is 12.7 Å². The molecule has 13 nitrogen and oxygen atoms in total. The van der Waals surface area contributed by atoms with Crippen LogP contribution in [0.4, 0.5) is 0 Å². The van der Waals surface area contributed by atoms with Gasteiger partial charge in [0.2, 0.25) is 5.91 Å². The van der Waals surface area contributed by atoms with E-state index in [4.69, 9.17) is 18.7 Å². The summed E-state index contributed by atoms with van der Waals surface area (Å²) in [5.41, 5.74) is -1.19. The number of carbonyl (C=O) groups is 5. The van der Waals surface area contributed by atoms with Gasteiger partial charge in [-0.3, -0.25) is 24.2 Å². The molecule has 2 aliphatic heterocycles. The second-order valence-corrected chi connectivity index (χ2v) is 10.2. The second kappa shape index (κ2) is 11.8. The zero-order chi connectivity index (χ0) is 28.9. The average molecular weight is 553 g/mol. The number of aromatic nitrogens is 2. The number of ether oxygens (including phenoxy) is 1. The number of methoxy groups -OCH3 is 1. The number of benzene rings is 1. The Morgan fingerprint density at radius 3 is 2.30 bits per heavy atom. The van der Waals surface area contributed by atoms with Crippen molar-refractivity contribution >= 4 is 36.5 Å². The van der Waals surface area contributed by atoms with E-state index in [-0.39, 0.29) is 24.5 Å². The fourth-order valence-electron chi connectivity index (χ4n) is 4.90. The molecule has 2 bridgehead atoms. The summed E-state index contributed by atoms with van der Waals surface area (Å²) >= 11 is 0. The molecule has 40 heavy (non-hydrogen) atoms. The van der Waals surface area contributed by atoms with Gasteiger partial charge in [0.05, 0.1) is 26.1 Å². The van der Waals surface area contributed by atoms with E-state index in [1.165, 1.54) is 18.6 Å². The van der Waals surface area contributed by atoms with Crippen LogP contribution in [0.3, 0.4) is 0 Å². The Hall–Kier alpha value is -4.33. The molecule has 2 saturated heterocycles. The van der Waals surface area contributed by atoms with E-state index in [9.17, 15) is 24.0 Å². The van der Waals surface area contributed by atoms with Gasteiger partial charge in [-0.25, -0.2) is 9.78 Å². The molecular formula is C26H30BN4O9-. The smallest absolute Gasteiger partial charge is 0.518 e. The van der Waals surface area contributed by atoms with Gasteiger partial charge in [-0.15, -0.1) is 0 Å². The third-order valence-electron chi connectivity index (χ3n) is 6.64. The van der Waals surface area contributed by atoms with Crippen molar-refractivity contribution in [3.63, 3.8) is 0 Å². The first kappa shape index (κ1) is 28.7. The molecule has 1 unspecified atom stereocenters. The minimum absolute atomic E-state index is 0.00326. The van der Waals surface area contributed by atoms with E-state index in [1.807, 2.05) is 19.9 Å². The molecular weight excluding hydrogens is 523 g/mol. The predicted octanol–water partition coefficient (Wildman–Crippen LogP) is 0.649. The third kappa shape index (κ3) is 6.28. The lowest BCUT2D eigenvalue weighted by atomic mass is 9.61. The molecule has 0 radical (unpaired) electrons. The maximum absolute atomic E-state index is 13.8. The van der Waals surface area contributed by atoms with Crippen LogP contribution in [0, 0.1) is 5.92 Å². The fraction of sp³-hybridized carbons (Fsp3) is 0.423. The highest BCUT2D eigenvalue weighted by atomic mass is 16.8. The summed E-state index contributed by atoms with van der Waals surface area (Å²) in [7, 11) is 1.11. The zero-order valence-corrected chi connectivity index (χ0v) is 22.3. The first-order valence-corrected chi connectivity index (χ1v) is 12.8. The number of nitrogens with zero attached hydrogens (tertiary/aromatic N) is 2. The van der Waals surface area contributed by atoms with Crippen LogP contribution in [0.1, 0.15) is 49.2 Å². The number of rotatable bonds is 10. The average Bonchev–Trinajstić information content (AvgIpc) is 2.91. The second-order valence-electron chi connectivity index (χ2n) is 10.2. The van der Waals surface area contributed by atoms with Crippen molar-refractivity contribution in [2.75, 3.05) is 7.11 Å². The Kier molecular flexibility index (Phi) is 8.47. The van der Waals surface area contributed by atoms with Crippen LogP contribution in [-0.2, 0) is 44.3 Å². The Labute approximate surface area is 230 Å². The number of hydrogen-bond donors (Lipinski definition) is 2. The SMILES string of the molecule is COC(=O)C12CC(=O)O[B-](C(CC(C)C)NC(=O)[C@H](Cc3ccccc3)NC(=O)c3cnccn3)(OC(=O)C1)O2. The monoisotopic (exact) mass is 553 g/mol. The minimum Gasteiger partial charge on any atom is -0.632 e. The summed E-state index contributed by atoms with van der Waals surface area (Å²) in [6.07, 6.45) is 3.16. The molecule has 1 aromatic carbocycles. The van der Waals surface area contributed by atoms with E-state index in [0.717, 1.165) is 12.7 Å². The van der Waals surface area contributed by atoms with Crippen molar-refractivity contribution in [2.24, 2.45) is 5.92 Å². The van der Waals surface area contributed by atoms with E-state index >= 15 is 0 Å². The van der Waals surface area contributed by atoms with Gasteiger partial charge < -0.3 is 29.3 Å². The predicted molar refractivity (Wildman–Crippen MR) is 138 cm³/mol. The molecule has 0 aliphatic carbocycles. The normalized spacial score (nSPS) is 23.3. The van der Waals surface area contributed by atoms with Gasteiger partial charge in [0.25, 0.3) is 17.8 Å². The molecule has 3 heterocycles. The van der Waals surface area contributed by atoms with Crippen molar-refractivity contribution in [3.05, 3.63) is 60.2 Å². The van der Waals surface area contributed by atoms with Gasteiger partial charge in [-0.2, -0.15) is 0 Å². The van der Waals surface area contributed by atoms with Gasteiger partial charge in [-0.1, -0.05) is 50.6 Å². The Bertz CT molecular complexity index is 1260. The summed E-state index contributed by atoms with van der Waals surface area (Å²) in [6, 6.07) is 7.87. The van der Waals surface area contributed by atoms with Crippen molar-refractivity contribution in [2.45, 2.75) is 57.1 Å². The summed E-state index contributed by atoms with van der Waals surface area (Å²) in [5.74, 6) is -5.22. The molecule has 1 aromatic heterocycles. The zero-order valence-electron chi connectivity index (χ0n) is 22.3. The van der Waals surface area contributed by atoms with Crippen LogP contribution < -0.4 is 10.6 Å². The lowest BCUT2D eigenvalue weighted by Crippen LogP contribution is -2.75. The number of carbonyl (C=O) groups excluding carboxylic acids is 5. The molecule has 2 atom stereocenters. The molecule has 0 saturated carbocycles. The highest BCUT2D eigenvalue weighted by Crippen LogP contribution is 2.41. The molecule has 4 rings (SSSR count). The number of hydrogen-bond acceptors (Lipinski definition) is 11. The highest BCUT2D eigenvalue weighted by molar-refractivity contribution is 6.67. The molecule has 212 valence electrons. The van der Waals surface area contributed by atoms with Crippen LogP contribution in [-0.4, -0.2) is 71.1 Å². The molecule has 0 spiro atoms. The first-order chi connectivity index (χ1) is 19.1. The van der Waals surface area contributed by atoms with E-state index < -0.39 is 66.9 Å². The molecule has 2 amide bonds. The van der Waals surface area contributed by atoms with Gasteiger partial charge in [0, 0.05) is 24.8 Å². The van der Waals surface area contributed by atoms with E-state index in [1.54, 1.807) is 24.3 Å². The minimum atomic E-state index is -3.30. The van der Waals surface area contributed by atoms with Gasteiger partial charge in [-0.05, 0) is 11.5 Å². The number of amides is 2. The van der Waals surface area contributed by atoms with E-state index in [0.29, 0.717) is 0 Å². The Morgan fingerprint density at radius 2 is 1.73 bits per heavy atom. The maximum Gasteiger partial charge on any atom is 0.518 e. The largest absolute Gasteiger partial charge is 0.632 e. The lowest BCUT2D eigenvalue weighted by molar-refractivity contribution is -0.196. The molecule has 14 heteroatoms. The van der Waals surface area contributed by atoms with Gasteiger partial charge in [0.15, 0.2) is 0 Å². The number of fused-ring (bicyclic) bond motifs is 2. The summed E-state index contributed by atoms with van der Waals surface area (Å²) < 4.78 is 21.8. The standard InChI is InChI=1S/C26H30BN4O9/c1-16(2)11-20(27-38-21(32)13-26(40-27,25(36)37-3)14-22(33)39-27)31-23(34)18(12-17-7-5-4-6-8-17)30-24(35)19-15-28-9-10-29-19/h4-10,15-16,18,20H,11-14H2,1-3H3,(H,30,35)(H,31,34)/q-1/t18-,20?,26?,27?/m0/s1. The lowest BCUT2D eigenvalue weighted by Gasteiger charge is -2.57. The third-order valence-corrected chi connectivity index (χ3v) is 6.64. The summed E-state index contributed by atoms with van der Waals surface area (Å²) in [6.45, 7) is 0.376. The summed E-state index contributed by atoms with van der Waals surface area (Å²) in [5, 5.41) is 5.44. The fourth-order valence-corrected chi connectivity index (χ4v) is 4.90. The first-order valence-electron chi connectivity index (χ1n) is 12.8. The number of nitrogens with one attached hydrogen (secondary N) is 2. The van der Waals surface area contributed by atoms with Crippen LogP contribution >= 0.6 is 0 Å². The van der Waals surface area contributed by atoms with Gasteiger partial charge in [0.1, 0.15) is 17.3 Å². The van der Waals surface area contributed by atoms with Crippen LogP contribution in [0.5, 0.6) is 0 Å². The molecule has 2 fully saturated rings. The highest BCUT2D eigenvalue weighted by Gasteiger charge is 2.62. The Morgan fingerprint density at radius 1 is 1.05 bits per heavy atom. The van der Waals surface area contributed by atoms with Crippen molar-refractivity contribution in [1.82, 2.24) is 20.6 Å². The maximum atomic E-state index is 13.8. The molecule has 2 aromatic rings. The molecule has 2 N–H and O–H groups in total. The Balaban J connectivity index is 1.65. The van der Waals surface area contributed by atoms with Crippen molar-refractivity contribution in [1.29, 1.82) is 0 Å². The van der Waals surface area contributed by atoms with E-state index in [2.05, 4.69) is 20.6 Å². The quantitative estimate of drug-likeness (QED) is 0.313. The van der Waals surface area contributed by atoms with Crippen molar-refractivity contribution in [3.8, 4) is 0 Å². The summed E-state index contributed by atoms with van der Waals surface area (Å²) in [4.78, 5) is 72.6. The molecule has 2 aliphatic rings. The van der Waals surface area contributed by atoms with Crippen molar-refractivity contribution < 1.29 is 42.7 Å². The van der Waals surface area contributed by atoms with Crippen LogP contribution in [0.15, 0.2) is 48.9 Å². The topological polar surface area (TPSA) is 172 Å². The number of esters is 1.